The van der Waals surface area contributed by atoms with E-state index in [-0.39, 0.29) is 12.0 Å². The minimum Gasteiger partial charge on any atom is -0.490 e. The van der Waals surface area contributed by atoms with E-state index in [1.165, 1.54) is 6.21 Å². The van der Waals surface area contributed by atoms with E-state index in [1.54, 1.807) is 18.2 Å². The van der Waals surface area contributed by atoms with E-state index in [4.69, 9.17) is 9.26 Å². The van der Waals surface area contributed by atoms with Crippen molar-refractivity contribution in [1.82, 2.24) is 10.1 Å². The van der Waals surface area contributed by atoms with Gasteiger partial charge in [0.05, 0.1) is 17.9 Å². The number of nitrogens with zero attached hydrogens (tertiary/aromatic N) is 4. The van der Waals surface area contributed by atoms with Crippen LogP contribution in [0.25, 0.3) is 22.8 Å². The van der Waals surface area contributed by atoms with Crippen LogP contribution in [0.5, 0.6) is 5.75 Å². The number of rotatable bonds is 6. The average Bonchev–Trinajstić information content (AvgIpc) is 3.26. The third-order valence-corrected chi connectivity index (χ3v) is 5.87. The number of hydrogen-bond donors (Lipinski definition) is 0. The Morgan fingerprint density at radius 2 is 2.12 bits per heavy atom. The molecule has 0 saturated heterocycles. The van der Waals surface area contributed by atoms with Gasteiger partial charge in [-0.05, 0) is 62.4 Å². The molecule has 1 unspecified atom stereocenters. The second-order valence-electron chi connectivity index (χ2n) is 8.27. The molecular formula is C24H24N4O4S. The van der Waals surface area contributed by atoms with Crippen molar-refractivity contribution in [3.63, 3.8) is 0 Å². The van der Waals surface area contributed by atoms with Gasteiger partial charge in [-0.25, -0.2) is 8.42 Å². The van der Waals surface area contributed by atoms with Crippen molar-refractivity contribution in [2.75, 3.05) is 6.26 Å². The molecule has 3 aromatic rings. The first-order valence-electron chi connectivity index (χ1n) is 10.7. The number of benzene rings is 2. The highest BCUT2D eigenvalue weighted by atomic mass is 32.2. The van der Waals surface area contributed by atoms with Gasteiger partial charge < -0.3 is 9.26 Å². The lowest BCUT2D eigenvalue weighted by Gasteiger charge is -2.24. The number of fused-ring (bicyclic) bond motifs is 1. The van der Waals surface area contributed by atoms with E-state index in [0.717, 1.165) is 42.2 Å². The predicted octanol–water partition coefficient (Wildman–Crippen LogP) is 4.51. The summed E-state index contributed by atoms with van der Waals surface area (Å²) in [6.45, 7) is 3.80. The molecule has 0 N–H and O–H groups in total. The highest BCUT2D eigenvalue weighted by molar-refractivity contribution is 7.89. The summed E-state index contributed by atoms with van der Waals surface area (Å²) in [4.78, 5) is 4.58. The van der Waals surface area contributed by atoms with Crippen LogP contribution in [-0.4, -0.2) is 37.1 Å². The first-order valence-corrected chi connectivity index (χ1v) is 12.5. The molecule has 1 aliphatic carbocycles. The molecule has 8 nitrogen and oxygen atoms in total. The molecule has 4 rings (SSSR count). The largest absolute Gasteiger partial charge is 0.490 e. The Morgan fingerprint density at radius 1 is 1.30 bits per heavy atom. The maximum Gasteiger partial charge on any atom is 0.258 e. The Bertz CT molecular complexity index is 1350. The van der Waals surface area contributed by atoms with Crippen LogP contribution >= 0.6 is 0 Å². The van der Waals surface area contributed by atoms with Gasteiger partial charge >= 0.3 is 0 Å². The van der Waals surface area contributed by atoms with Crippen LogP contribution in [0.1, 0.15) is 49.3 Å². The number of aromatic nitrogens is 2. The summed E-state index contributed by atoms with van der Waals surface area (Å²) < 4.78 is 37.9. The zero-order valence-electron chi connectivity index (χ0n) is 18.6. The van der Waals surface area contributed by atoms with Gasteiger partial charge in [-0.1, -0.05) is 23.4 Å². The highest BCUT2D eigenvalue weighted by Gasteiger charge is 2.24. The molecular weight excluding hydrogens is 440 g/mol. The summed E-state index contributed by atoms with van der Waals surface area (Å²) in [5, 5.41) is 13.7. The molecule has 0 spiro atoms. The van der Waals surface area contributed by atoms with Crippen molar-refractivity contribution in [3.05, 3.63) is 53.1 Å². The number of hydrogen-bond acceptors (Lipinski definition) is 7. The Kier molecular flexibility index (Phi) is 6.29. The lowest BCUT2D eigenvalue weighted by atomic mass is 9.81. The molecule has 33 heavy (non-hydrogen) atoms. The van der Waals surface area contributed by atoms with Crippen molar-refractivity contribution in [2.45, 2.75) is 45.1 Å². The summed E-state index contributed by atoms with van der Waals surface area (Å²) >= 11 is 0. The summed E-state index contributed by atoms with van der Waals surface area (Å²) in [7, 11) is -3.43. The second kappa shape index (κ2) is 9.16. The van der Waals surface area contributed by atoms with Crippen molar-refractivity contribution in [2.24, 2.45) is 4.40 Å². The molecule has 0 aliphatic heterocycles. The molecule has 1 atom stereocenters. The van der Waals surface area contributed by atoms with E-state index in [2.05, 4.69) is 20.6 Å². The number of sulfonamides is 1. The Hall–Kier alpha value is -3.51. The smallest absolute Gasteiger partial charge is 0.258 e. The van der Waals surface area contributed by atoms with Gasteiger partial charge in [0.15, 0.2) is 0 Å². The maximum atomic E-state index is 11.5. The molecule has 0 amide bonds. The maximum absolute atomic E-state index is 11.5. The monoisotopic (exact) mass is 464 g/mol. The lowest BCUT2D eigenvalue weighted by molar-refractivity contribution is 0.241. The topological polar surface area (TPSA) is 118 Å². The SMILES string of the molecule is CC(C)Oc1ccc(-c2nc(-c3cccc4c3CCCC4C=NS(C)(=O)=O)no2)cc1C#N. The zero-order valence-corrected chi connectivity index (χ0v) is 19.5. The molecule has 1 aliphatic rings. The number of ether oxygens (including phenoxy) is 1. The van der Waals surface area contributed by atoms with E-state index in [1.807, 2.05) is 32.0 Å². The first-order chi connectivity index (χ1) is 15.7. The van der Waals surface area contributed by atoms with Crippen LogP contribution in [0.2, 0.25) is 0 Å². The van der Waals surface area contributed by atoms with E-state index >= 15 is 0 Å². The van der Waals surface area contributed by atoms with Crippen molar-refractivity contribution < 1.29 is 17.7 Å². The zero-order chi connectivity index (χ0) is 23.6. The fourth-order valence-corrected chi connectivity index (χ4v) is 4.36. The highest BCUT2D eigenvalue weighted by Crippen LogP contribution is 2.36. The average molecular weight is 465 g/mol. The summed E-state index contributed by atoms with van der Waals surface area (Å²) in [6, 6.07) is 13.2. The van der Waals surface area contributed by atoms with Crippen LogP contribution in [-0.2, 0) is 16.4 Å². The van der Waals surface area contributed by atoms with E-state index in [0.29, 0.717) is 28.6 Å². The molecule has 9 heteroatoms. The molecule has 0 fully saturated rings. The van der Waals surface area contributed by atoms with Gasteiger partial charge in [-0.2, -0.15) is 14.6 Å². The quantitative estimate of drug-likeness (QED) is 0.492. The Balaban J connectivity index is 1.68. The van der Waals surface area contributed by atoms with Crippen LogP contribution in [0.3, 0.4) is 0 Å². The van der Waals surface area contributed by atoms with Gasteiger partial charge in [0, 0.05) is 23.3 Å². The third kappa shape index (κ3) is 5.12. The normalized spacial score (nSPS) is 16.0. The van der Waals surface area contributed by atoms with E-state index < -0.39 is 10.0 Å². The Morgan fingerprint density at radius 3 is 2.85 bits per heavy atom. The molecule has 1 heterocycles. The van der Waals surface area contributed by atoms with Crippen LogP contribution in [0.4, 0.5) is 0 Å². The second-order valence-corrected chi connectivity index (χ2v) is 9.95. The third-order valence-electron chi connectivity index (χ3n) is 5.36. The molecule has 1 aromatic heterocycles. The van der Waals surface area contributed by atoms with Gasteiger partial charge in [-0.3, -0.25) is 0 Å². The fraction of sp³-hybridized carbons (Fsp3) is 0.333. The predicted molar refractivity (Wildman–Crippen MR) is 125 cm³/mol. The van der Waals surface area contributed by atoms with Crippen LogP contribution in [0, 0.1) is 11.3 Å². The van der Waals surface area contributed by atoms with Crippen molar-refractivity contribution >= 4 is 16.2 Å². The first kappa shape index (κ1) is 22.7. The molecule has 0 radical (unpaired) electrons. The Labute approximate surface area is 193 Å². The lowest BCUT2D eigenvalue weighted by Crippen LogP contribution is -2.13. The summed E-state index contributed by atoms with van der Waals surface area (Å²) in [5.41, 5.74) is 3.97. The molecule has 0 saturated carbocycles. The van der Waals surface area contributed by atoms with Gasteiger partial charge in [-0.15, -0.1) is 0 Å². The van der Waals surface area contributed by atoms with Crippen molar-refractivity contribution in [1.29, 1.82) is 5.26 Å². The minimum atomic E-state index is -3.43. The van der Waals surface area contributed by atoms with Gasteiger partial charge in [0.25, 0.3) is 5.89 Å². The minimum absolute atomic E-state index is 0.0477. The fourth-order valence-electron chi connectivity index (χ4n) is 3.99. The van der Waals surface area contributed by atoms with Gasteiger partial charge in [0.1, 0.15) is 11.8 Å². The van der Waals surface area contributed by atoms with Crippen LogP contribution < -0.4 is 4.74 Å². The summed E-state index contributed by atoms with van der Waals surface area (Å²) in [6.07, 6.45) is 5.12. The molecule has 170 valence electrons. The number of nitriles is 1. The van der Waals surface area contributed by atoms with Crippen LogP contribution in [0.15, 0.2) is 45.3 Å². The standard InChI is InChI=1S/C24H24N4O4S/c1-15(2)31-22-11-10-16(12-18(22)13-25)24-27-23(28-32-24)21-9-5-7-19-17(6-4-8-20(19)21)14-26-33(3,29)30/h5,7,9-12,14-15,17H,4,6,8H2,1-3H3. The molecule has 0 bridgehead atoms. The van der Waals surface area contributed by atoms with E-state index in [9.17, 15) is 13.7 Å². The van der Waals surface area contributed by atoms with Crippen molar-refractivity contribution in [3.8, 4) is 34.7 Å². The summed E-state index contributed by atoms with van der Waals surface area (Å²) in [5.74, 6) is 1.18. The molecule has 2 aromatic carbocycles. The van der Waals surface area contributed by atoms with Gasteiger partial charge in [0.2, 0.25) is 15.8 Å².